The van der Waals surface area contributed by atoms with Crippen LogP contribution in [0.15, 0.2) is 41.5 Å². The average Bonchev–Trinajstić information content (AvgIpc) is 3.04. The Balaban J connectivity index is 1.59. The van der Waals surface area contributed by atoms with E-state index in [-0.39, 0.29) is 16.3 Å². The number of aryl methyl sites for hydroxylation is 2. The number of hydrogen-bond acceptors (Lipinski definition) is 3. The third-order valence-electron chi connectivity index (χ3n) is 4.28. The zero-order valence-corrected chi connectivity index (χ0v) is 15.7. The summed E-state index contributed by atoms with van der Waals surface area (Å²) < 4.78 is 1.23. The van der Waals surface area contributed by atoms with Gasteiger partial charge in [-0.05, 0) is 36.6 Å². The third-order valence-corrected chi connectivity index (χ3v) is 4.55. The van der Waals surface area contributed by atoms with Crippen molar-refractivity contribution < 1.29 is 9.59 Å². The summed E-state index contributed by atoms with van der Waals surface area (Å²) >= 11 is 5.80. The quantitative estimate of drug-likeness (QED) is 0.599. The summed E-state index contributed by atoms with van der Waals surface area (Å²) in [6.45, 7) is 2.35. The Morgan fingerprint density at radius 3 is 2.78 bits per heavy atom. The molecule has 0 saturated heterocycles. The molecule has 8 heteroatoms. The van der Waals surface area contributed by atoms with Gasteiger partial charge in [0.05, 0.1) is 5.69 Å². The minimum Gasteiger partial charge on any atom is -0.361 e. The largest absolute Gasteiger partial charge is 0.361 e. The molecule has 2 heterocycles. The highest BCUT2D eigenvalue weighted by Gasteiger charge is 2.15. The van der Waals surface area contributed by atoms with E-state index in [4.69, 9.17) is 11.6 Å². The van der Waals surface area contributed by atoms with Crippen molar-refractivity contribution in [3.8, 4) is 0 Å². The lowest BCUT2D eigenvalue weighted by Crippen LogP contribution is -2.36. The number of H-pyrrole nitrogens is 1. The van der Waals surface area contributed by atoms with Crippen LogP contribution in [-0.4, -0.2) is 27.9 Å². The van der Waals surface area contributed by atoms with Crippen molar-refractivity contribution in [2.45, 2.75) is 13.3 Å². The number of anilines is 1. The lowest BCUT2D eigenvalue weighted by molar-refractivity contribution is -0.136. The van der Waals surface area contributed by atoms with Crippen LogP contribution in [0.2, 0.25) is 5.02 Å². The van der Waals surface area contributed by atoms with Crippen LogP contribution >= 0.6 is 11.6 Å². The second-order valence-corrected chi connectivity index (χ2v) is 6.67. The van der Waals surface area contributed by atoms with E-state index in [1.165, 1.54) is 23.9 Å². The predicted molar refractivity (Wildman–Crippen MR) is 105 cm³/mol. The second-order valence-electron chi connectivity index (χ2n) is 6.26. The number of nitrogens with one attached hydrogen (secondary N) is 3. The normalized spacial score (nSPS) is 10.8. The molecule has 3 aromatic rings. The zero-order chi connectivity index (χ0) is 19.6. The lowest BCUT2D eigenvalue weighted by Gasteiger charge is -2.08. The van der Waals surface area contributed by atoms with Gasteiger partial charge in [0.15, 0.2) is 0 Å². The number of aromatic amines is 1. The Morgan fingerprint density at radius 1 is 1.26 bits per heavy atom. The topological polar surface area (TPSA) is 96.0 Å². The van der Waals surface area contributed by atoms with Gasteiger partial charge in [0.25, 0.3) is 5.56 Å². The molecule has 0 saturated carbocycles. The Bertz CT molecular complexity index is 1060. The first kappa shape index (κ1) is 18.7. The SMILES string of the molecule is Cc1cccc2[nH]cc(CCNC(=O)C(=O)Nc3cc(Cl)c(=O)n(C)c3)c12. The average molecular weight is 387 g/mol. The molecule has 0 spiro atoms. The standard InChI is InChI=1S/C19H19ClN4O3/c1-11-4-3-5-15-16(11)12(9-22-15)6-7-21-17(25)18(26)23-13-8-14(20)19(27)24(2)10-13/h3-5,8-10,22H,6-7H2,1-2H3,(H,21,25)(H,23,26). The first-order valence-corrected chi connectivity index (χ1v) is 8.75. The van der Waals surface area contributed by atoms with Crippen molar-refractivity contribution in [3.05, 3.63) is 63.2 Å². The van der Waals surface area contributed by atoms with Gasteiger partial charge in [-0.25, -0.2) is 0 Å². The molecule has 3 N–H and O–H groups in total. The molecule has 140 valence electrons. The van der Waals surface area contributed by atoms with Crippen molar-refractivity contribution in [3.63, 3.8) is 0 Å². The second kappa shape index (κ2) is 7.67. The van der Waals surface area contributed by atoms with Gasteiger partial charge in [-0.1, -0.05) is 23.7 Å². The maximum atomic E-state index is 12.0. The third kappa shape index (κ3) is 4.03. The predicted octanol–water partition coefficient (Wildman–Crippen LogP) is 2.13. The molecule has 0 aliphatic rings. The fourth-order valence-corrected chi connectivity index (χ4v) is 3.22. The van der Waals surface area contributed by atoms with Crippen molar-refractivity contribution >= 4 is 40.0 Å². The lowest BCUT2D eigenvalue weighted by atomic mass is 10.1. The highest BCUT2D eigenvalue weighted by molar-refractivity contribution is 6.39. The van der Waals surface area contributed by atoms with Crippen molar-refractivity contribution in [1.29, 1.82) is 0 Å². The fourth-order valence-electron chi connectivity index (χ4n) is 2.97. The molecule has 3 rings (SSSR count). The van der Waals surface area contributed by atoms with Crippen LogP contribution in [0.5, 0.6) is 0 Å². The summed E-state index contributed by atoms with van der Waals surface area (Å²) in [4.78, 5) is 38.8. The van der Waals surface area contributed by atoms with Crippen LogP contribution in [0, 0.1) is 6.92 Å². The number of aromatic nitrogens is 2. The molecule has 0 aliphatic heterocycles. The molecule has 0 aliphatic carbocycles. The van der Waals surface area contributed by atoms with E-state index in [0.717, 1.165) is 22.0 Å². The van der Waals surface area contributed by atoms with Crippen molar-refractivity contribution in [2.24, 2.45) is 7.05 Å². The number of hydrogen-bond donors (Lipinski definition) is 3. The summed E-state index contributed by atoms with van der Waals surface area (Å²) in [6.07, 6.45) is 3.90. The molecule has 0 unspecified atom stereocenters. The first-order valence-electron chi connectivity index (χ1n) is 8.37. The van der Waals surface area contributed by atoms with E-state index in [9.17, 15) is 14.4 Å². The monoisotopic (exact) mass is 386 g/mol. The van der Waals surface area contributed by atoms with Gasteiger partial charge < -0.3 is 20.2 Å². The van der Waals surface area contributed by atoms with Gasteiger partial charge >= 0.3 is 11.8 Å². The maximum Gasteiger partial charge on any atom is 0.313 e. The Kier molecular flexibility index (Phi) is 5.32. The highest BCUT2D eigenvalue weighted by Crippen LogP contribution is 2.22. The summed E-state index contributed by atoms with van der Waals surface area (Å²) in [5.74, 6) is -1.57. The molecule has 0 bridgehead atoms. The van der Waals surface area contributed by atoms with Gasteiger partial charge in [-0.2, -0.15) is 0 Å². The summed E-state index contributed by atoms with van der Waals surface area (Å²) in [6, 6.07) is 7.32. The van der Waals surface area contributed by atoms with Gasteiger partial charge in [-0.15, -0.1) is 0 Å². The number of nitrogens with zero attached hydrogens (tertiary/aromatic N) is 1. The summed E-state index contributed by atoms with van der Waals surface area (Å²) in [7, 11) is 1.51. The van der Waals surface area contributed by atoms with Crippen molar-refractivity contribution in [1.82, 2.24) is 14.9 Å². The smallest absolute Gasteiger partial charge is 0.313 e. The first-order chi connectivity index (χ1) is 12.9. The minimum atomic E-state index is -0.820. The molecular formula is C19H19ClN4O3. The van der Waals surface area contributed by atoms with E-state index in [0.29, 0.717) is 13.0 Å². The highest BCUT2D eigenvalue weighted by atomic mass is 35.5. The molecule has 2 aromatic heterocycles. The van der Waals surface area contributed by atoms with Crippen LogP contribution in [0.4, 0.5) is 5.69 Å². The molecule has 0 fully saturated rings. The van der Waals surface area contributed by atoms with E-state index in [1.54, 1.807) is 0 Å². The number of amides is 2. The van der Waals surface area contributed by atoms with E-state index < -0.39 is 11.8 Å². The number of pyridine rings is 1. The summed E-state index contributed by atoms with van der Waals surface area (Å²) in [5.41, 5.74) is 3.16. The van der Waals surface area contributed by atoms with Gasteiger partial charge in [0.2, 0.25) is 0 Å². The van der Waals surface area contributed by atoms with Gasteiger partial charge in [-0.3, -0.25) is 14.4 Å². The molecule has 0 radical (unpaired) electrons. The maximum absolute atomic E-state index is 12.0. The molecule has 7 nitrogen and oxygen atoms in total. The van der Waals surface area contributed by atoms with Crippen molar-refractivity contribution in [2.75, 3.05) is 11.9 Å². The molecule has 0 atom stereocenters. The van der Waals surface area contributed by atoms with Crippen LogP contribution in [0.25, 0.3) is 10.9 Å². The molecule has 1 aromatic carbocycles. The van der Waals surface area contributed by atoms with E-state index in [1.807, 2.05) is 31.3 Å². The molecule has 27 heavy (non-hydrogen) atoms. The Labute approximate surface area is 160 Å². The number of carbonyl (C=O) groups is 2. The molecule has 2 amide bonds. The van der Waals surface area contributed by atoms with Gasteiger partial charge in [0, 0.05) is 36.9 Å². The van der Waals surface area contributed by atoms with Gasteiger partial charge in [0.1, 0.15) is 5.02 Å². The number of benzene rings is 1. The van der Waals surface area contributed by atoms with Crippen LogP contribution in [-0.2, 0) is 23.1 Å². The minimum absolute atomic E-state index is 0.0367. The number of rotatable bonds is 4. The van der Waals surface area contributed by atoms with Crippen LogP contribution in [0.1, 0.15) is 11.1 Å². The van der Waals surface area contributed by atoms with E-state index >= 15 is 0 Å². The molecular weight excluding hydrogens is 368 g/mol. The Morgan fingerprint density at radius 2 is 2.04 bits per heavy atom. The summed E-state index contributed by atoms with van der Waals surface area (Å²) in [5, 5.41) is 6.13. The number of fused-ring (bicyclic) bond motifs is 1. The van der Waals surface area contributed by atoms with Crippen LogP contribution < -0.4 is 16.2 Å². The number of halogens is 1. The zero-order valence-electron chi connectivity index (χ0n) is 14.9. The number of carbonyl (C=O) groups excluding carboxylic acids is 2. The Hall–Kier alpha value is -3.06. The fraction of sp³-hybridized carbons (Fsp3) is 0.211. The van der Waals surface area contributed by atoms with Crippen LogP contribution in [0.3, 0.4) is 0 Å². The van der Waals surface area contributed by atoms with E-state index in [2.05, 4.69) is 15.6 Å².